The van der Waals surface area contributed by atoms with Crippen molar-refractivity contribution in [2.75, 3.05) is 17.7 Å². The lowest BCUT2D eigenvalue weighted by molar-refractivity contribution is -0.141. The lowest BCUT2D eigenvalue weighted by Gasteiger charge is -2.28. The average Bonchev–Trinajstić information content (AvgIpc) is 2.84. The first-order valence-corrected chi connectivity index (χ1v) is 11.4. The van der Waals surface area contributed by atoms with Crippen LogP contribution in [0.3, 0.4) is 0 Å². The van der Waals surface area contributed by atoms with Gasteiger partial charge >= 0.3 is 12.1 Å². The van der Waals surface area contributed by atoms with E-state index in [1.165, 1.54) is 12.1 Å². The fourth-order valence-electron chi connectivity index (χ4n) is 3.20. The zero-order valence-electron chi connectivity index (χ0n) is 18.7. The molecule has 1 amide bonds. The normalized spacial score (nSPS) is 12.3. The highest BCUT2D eigenvalue weighted by Gasteiger charge is 2.30. The van der Waals surface area contributed by atoms with Crippen LogP contribution in [0.15, 0.2) is 78.9 Å². The van der Waals surface area contributed by atoms with Crippen LogP contribution >= 0.6 is 12.6 Å². The van der Waals surface area contributed by atoms with Gasteiger partial charge in [-0.3, -0.25) is 10.1 Å². The van der Waals surface area contributed by atoms with E-state index in [0.717, 1.165) is 5.56 Å². The van der Waals surface area contributed by atoms with Crippen LogP contribution in [0.25, 0.3) is 0 Å². The van der Waals surface area contributed by atoms with Crippen molar-refractivity contribution in [1.82, 2.24) is 0 Å². The van der Waals surface area contributed by atoms with Gasteiger partial charge < -0.3 is 19.3 Å². The van der Waals surface area contributed by atoms with Gasteiger partial charge in [0.15, 0.2) is 6.10 Å². The van der Waals surface area contributed by atoms with Crippen LogP contribution in [0, 0.1) is 6.92 Å². The second kappa shape index (κ2) is 12.6. The Morgan fingerprint density at radius 1 is 0.971 bits per heavy atom. The number of anilines is 1. The third kappa shape index (κ3) is 7.74. The number of rotatable bonds is 10. The number of esters is 1. The Kier molecular flexibility index (Phi) is 9.22. The monoisotopic (exact) mass is 481 g/mol. The topological polar surface area (TPSA) is 94.1 Å². The Bertz CT molecular complexity index is 1060. The summed E-state index contributed by atoms with van der Waals surface area (Å²) in [5, 5.41) is 12.4. The van der Waals surface area contributed by atoms with E-state index in [0.29, 0.717) is 17.0 Å². The Morgan fingerprint density at radius 2 is 1.65 bits per heavy atom. The first kappa shape index (κ1) is 25.0. The van der Waals surface area contributed by atoms with Gasteiger partial charge in [-0.05, 0) is 48.9 Å². The number of para-hydroxylation sites is 1. The summed E-state index contributed by atoms with van der Waals surface area (Å²) in [6.07, 6.45) is -1.97. The highest BCUT2D eigenvalue weighted by molar-refractivity contribution is 7.81. The number of carbonyl (C=O) groups excluding carboxylic acids is 2. The number of aryl methyl sites for hydroxylation is 1. The Labute approximate surface area is 204 Å². The molecule has 0 radical (unpaired) electrons. The van der Waals surface area contributed by atoms with E-state index in [9.17, 15) is 14.7 Å². The van der Waals surface area contributed by atoms with Crippen LogP contribution < -0.4 is 10.1 Å². The fraction of sp³-hybridized carbons (Fsp3) is 0.231. The number of benzene rings is 3. The molecule has 0 aromatic heterocycles. The second-order valence-electron chi connectivity index (χ2n) is 7.55. The lowest BCUT2D eigenvalue weighted by atomic mass is 10.0. The van der Waals surface area contributed by atoms with Gasteiger partial charge in [-0.2, -0.15) is 12.6 Å². The van der Waals surface area contributed by atoms with Crippen molar-refractivity contribution in [1.29, 1.82) is 0 Å². The third-order valence-corrected chi connectivity index (χ3v) is 5.17. The van der Waals surface area contributed by atoms with Gasteiger partial charge in [-0.1, -0.05) is 48.0 Å². The highest BCUT2D eigenvalue weighted by atomic mass is 32.1. The largest absolute Gasteiger partial charge is 0.508 e. The zero-order chi connectivity index (χ0) is 24.3. The van der Waals surface area contributed by atoms with E-state index in [2.05, 4.69) is 17.9 Å². The smallest absolute Gasteiger partial charge is 0.412 e. The number of aromatic hydroxyl groups is 1. The number of ether oxygens (including phenoxy) is 3. The maximum atomic E-state index is 12.8. The molecule has 0 aliphatic heterocycles. The van der Waals surface area contributed by atoms with Crippen molar-refractivity contribution in [3.05, 3.63) is 90.0 Å². The summed E-state index contributed by atoms with van der Waals surface area (Å²) < 4.78 is 17.2. The van der Waals surface area contributed by atoms with E-state index in [1.54, 1.807) is 36.4 Å². The summed E-state index contributed by atoms with van der Waals surface area (Å²) in [7, 11) is 0. The van der Waals surface area contributed by atoms with E-state index >= 15 is 0 Å². The van der Waals surface area contributed by atoms with Gasteiger partial charge in [-0.15, -0.1) is 0 Å². The molecule has 3 aromatic rings. The number of phenolic OH excluding ortho intramolecular Hbond substituents is 1. The number of nitrogens with one attached hydrogen (secondary N) is 1. The molecule has 3 aromatic carbocycles. The SMILES string of the molecule is Cc1ccc(NC(=O)O[C@@H](c2ccc(O)cc2)[C@H](CCOC(=O)CS)Oc2ccccc2)cc1. The minimum absolute atomic E-state index is 0.0406. The Hall–Kier alpha value is -3.65. The highest BCUT2D eigenvalue weighted by Crippen LogP contribution is 2.29. The van der Waals surface area contributed by atoms with Gasteiger partial charge in [0, 0.05) is 12.1 Å². The van der Waals surface area contributed by atoms with Gasteiger partial charge in [-0.25, -0.2) is 4.79 Å². The van der Waals surface area contributed by atoms with E-state index < -0.39 is 24.3 Å². The summed E-state index contributed by atoms with van der Waals surface area (Å²) in [4.78, 5) is 24.4. The summed E-state index contributed by atoms with van der Waals surface area (Å²) in [6.45, 7) is 2.00. The van der Waals surface area contributed by atoms with Crippen LogP contribution in [0.1, 0.15) is 23.7 Å². The van der Waals surface area contributed by atoms with Crippen molar-refractivity contribution in [3.63, 3.8) is 0 Å². The van der Waals surface area contributed by atoms with E-state index in [-0.39, 0.29) is 24.5 Å². The van der Waals surface area contributed by atoms with Crippen molar-refractivity contribution in [3.8, 4) is 11.5 Å². The Balaban J connectivity index is 1.84. The molecule has 0 spiro atoms. The van der Waals surface area contributed by atoms with Gasteiger partial charge in [0.05, 0.1) is 12.4 Å². The summed E-state index contributed by atoms with van der Waals surface area (Å²) in [6, 6.07) is 22.7. The molecule has 0 aliphatic carbocycles. The standard InChI is InChI=1S/C26H27NO6S/c1-18-7-11-20(12-8-18)27-26(30)33-25(19-9-13-21(28)14-10-19)23(15-16-31-24(29)17-34)32-22-5-3-2-4-6-22/h2-14,23,25,28,34H,15-17H2,1H3,(H,27,30)/t23-,25-/m0/s1. The van der Waals surface area contributed by atoms with E-state index in [4.69, 9.17) is 14.2 Å². The van der Waals surface area contributed by atoms with Crippen molar-refractivity contribution in [2.24, 2.45) is 0 Å². The Morgan fingerprint density at radius 3 is 2.29 bits per heavy atom. The maximum Gasteiger partial charge on any atom is 0.412 e. The molecule has 8 heteroatoms. The molecule has 2 atom stereocenters. The molecule has 2 N–H and O–H groups in total. The van der Waals surface area contributed by atoms with Gasteiger partial charge in [0.2, 0.25) is 0 Å². The van der Waals surface area contributed by atoms with Gasteiger partial charge in [0.25, 0.3) is 0 Å². The molecule has 0 fully saturated rings. The summed E-state index contributed by atoms with van der Waals surface area (Å²) in [5.41, 5.74) is 2.26. The van der Waals surface area contributed by atoms with Crippen molar-refractivity contribution < 1.29 is 28.9 Å². The maximum absolute atomic E-state index is 12.8. The number of carbonyl (C=O) groups is 2. The molecule has 0 unspecified atom stereocenters. The minimum atomic E-state index is -0.860. The molecule has 34 heavy (non-hydrogen) atoms. The van der Waals surface area contributed by atoms with Crippen LogP contribution in [0.4, 0.5) is 10.5 Å². The number of hydrogen-bond donors (Lipinski definition) is 3. The number of thiol groups is 1. The first-order valence-electron chi connectivity index (χ1n) is 10.8. The van der Waals surface area contributed by atoms with Crippen LogP contribution in [0.2, 0.25) is 0 Å². The summed E-state index contributed by atoms with van der Waals surface area (Å²) >= 11 is 3.92. The van der Waals surface area contributed by atoms with Crippen molar-refractivity contribution in [2.45, 2.75) is 25.6 Å². The predicted molar refractivity (Wildman–Crippen MR) is 132 cm³/mol. The summed E-state index contributed by atoms with van der Waals surface area (Å²) in [5.74, 6) is 0.149. The van der Waals surface area contributed by atoms with Gasteiger partial charge in [0.1, 0.15) is 17.6 Å². The van der Waals surface area contributed by atoms with Crippen LogP contribution in [-0.2, 0) is 14.3 Å². The molecular weight excluding hydrogens is 454 g/mol. The lowest BCUT2D eigenvalue weighted by Crippen LogP contribution is -2.32. The molecule has 0 saturated heterocycles. The first-order chi connectivity index (χ1) is 16.4. The van der Waals surface area contributed by atoms with Crippen molar-refractivity contribution >= 4 is 30.4 Å². The number of amides is 1. The molecule has 3 rings (SSSR count). The van der Waals surface area contributed by atoms with Crippen LogP contribution in [0.5, 0.6) is 11.5 Å². The predicted octanol–water partition coefficient (Wildman–Crippen LogP) is 5.30. The van der Waals surface area contributed by atoms with E-state index in [1.807, 2.05) is 37.3 Å². The molecule has 0 bridgehead atoms. The molecule has 7 nitrogen and oxygen atoms in total. The molecule has 0 heterocycles. The zero-order valence-corrected chi connectivity index (χ0v) is 19.6. The second-order valence-corrected chi connectivity index (χ2v) is 7.86. The number of hydrogen-bond acceptors (Lipinski definition) is 7. The molecular formula is C26H27NO6S. The molecule has 0 saturated carbocycles. The quantitative estimate of drug-likeness (QED) is 0.269. The average molecular weight is 482 g/mol. The minimum Gasteiger partial charge on any atom is -0.508 e. The van der Waals surface area contributed by atoms with Crippen LogP contribution in [-0.4, -0.2) is 35.6 Å². The third-order valence-electron chi connectivity index (χ3n) is 4.92. The fourth-order valence-corrected chi connectivity index (χ4v) is 3.29. The molecule has 0 aliphatic rings. The number of phenols is 1. The molecule has 178 valence electrons.